The maximum atomic E-state index is 12.3. The summed E-state index contributed by atoms with van der Waals surface area (Å²) in [6, 6.07) is 5.92. The van der Waals surface area contributed by atoms with Crippen LogP contribution in [0.3, 0.4) is 0 Å². The minimum absolute atomic E-state index is 0. The summed E-state index contributed by atoms with van der Waals surface area (Å²) in [4.78, 5) is 6.91. The van der Waals surface area contributed by atoms with Gasteiger partial charge in [-0.3, -0.25) is 4.99 Å². The monoisotopic (exact) mass is 553 g/mol. The number of hydrogen-bond acceptors (Lipinski definition) is 5. The van der Waals surface area contributed by atoms with Gasteiger partial charge in [-0.1, -0.05) is 19.9 Å². The number of aliphatic imine (C=N–C) groups is 1. The summed E-state index contributed by atoms with van der Waals surface area (Å²) in [7, 11) is 0.155. The van der Waals surface area contributed by atoms with Crippen LogP contribution in [0.5, 0.6) is 11.5 Å². The van der Waals surface area contributed by atoms with Crippen molar-refractivity contribution in [3.63, 3.8) is 0 Å². The van der Waals surface area contributed by atoms with E-state index in [0.717, 1.165) is 18.1 Å². The molecule has 2 rings (SSSR count). The van der Waals surface area contributed by atoms with Crippen molar-refractivity contribution in [2.75, 3.05) is 46.2 Å². The molecule has 0 bridgehead atoms. The van der Waals surface area contributed by atoms with Gasteiger partial charge in [0.15, 0.2) is 27.3 Å². The molecule has 0 spiro atoms. The Morgan fingerprint density at radius 1 is 1.23 bits per heavy atom. The Hall–Kier alpha value is -1.23. The van der Waals surface area contributed by atoms with E-state index in [0.29, 0.717) is 31.1 Å². The maximum absolute atomic E-state index is 12.3. The molecule has 1 heterocycles. The van der Waals surface area contributed by atoms with Crippen molar-refractivity contribution in [1.82, 2.24) is 10.2 Å². The second kappa shape index (κ2) is 10.4. The van der Waals surface area contributed by atoms with Crippen molar-refractivity contribution in [2.45, 2.75) is 44.8 Å². The molecule has 0 saturated carbocycles. The molecule has 0 radical (unpaired) electrons. The molecule has 172 valence electrons. The van der Waals surface area contributed by atoms with Gasteiger partial charge in [-0.05, 0) is 38.5 Å². The number of methoxy groups -OCH3 is 2. The molecule has 0 aromatic heterocycles. The van der Waals surface area contributed by atoms with E-state index in [4.69, 9.17) is 14.5 Å². The van der Waals surface area contributed by atoms with Crippen molar-refractivity contribution in [2.24, 2.45) is 4.99 Å². The second-order valence-corrected chi connectivity index (χ2v) is 11.4. The molecule has 9 heteroatoms. The summed E-state index contributed by atoms with van der Waals surface area (Å²) in [5, 5.41) is 3.32. The van der Waals surface area contributed by atoms with Crippen LogP contribution >= 0.6 is 24.0 Å². The summed E-state index contributed by atoms with van der Waals surface area (Å²) < 4.78 is 34.6. The fraction of sp³-hybridized carbons (Fsp3) is 0.667. The Morgan fingerprint density at radius 3 is 2.40 bits per heavy atom. The average molecular weight is 554 g/mol. The predicted octanol–water partition coefficient (Wildman–Crippen LogP) is 3.07. The summed E-state index contributed by atoms with van der Waals surface area (Å²) in [6.45, 7) is 12.0. The largest absolute Gasteiger partial charge is 0.493 e. The van der Waals surface area contributed by atoms with Crippen LogP contribution in [0.2, 0.25) is 0 Å². The summed E-state index contributed by atoms with van der Waals surface area (Å²) in [6.07, 6.45) is 0. The van der Waals surface area contributed by atoms with Crippen LogP contribution < -0.4 is 14.8 Å². The number of halogens is 1. The molecule has 0 atom stereocenters. The average Bonchev–Trinajstić information content (AvgIpc) is 2.66. The third-order valence-electron chi connectivity index (χ3n) is 5.47. The zero-order valence-electron chi connectivity index (χ0n) is 19.1. The Morgan fingerprint density at radius 2 is 1.87 bits per heavy atom. The molecule has 1 aromatic rings. The predicted molar refractivity (Wildman–Crippen MR) is 133 cm³/mol. The van der Waals surface area contributed by atoms with Crippen LogP contribution in [0.25, 0.3) is 0 Å². The van der Waals surface area contributed by atoms with Crippen LogP contribution in [-0.2, 0) is 15.3 Å². The Kier molecular flexibility index (Phi) is 9.28. The van der Waals surface area contributed by atoms with Crippen molar-refractivity contribution < 1.29 is 17.9 Å². The van der Waals surface area contributed by atoms with Crippen molar-refractivity contribution in [3.05, 3.63) is 23.8 Å². The third-order valence-corrected chi connectivity index (χ3v) is 8.00. The maximum Gasteiger partial charge on any atom is 0.194 e. The van der Waals surface area contributed by atoms with Crippen LogP contribution in [0.15, 0.2) is 23.2 Å². The lowest BCUT2D eigenvalue weighted by Gasteiger charge is -2.39. The molecule has 1 saturated heterocycles. The van der Waals surface area contributed by atoms with Crippen LogP contribution in [0, 0.1) is 0 Å². The molecule has 1 aliphatic rings. The van der Waals surface area contributed by atoms with E-state index in [2.05, 4.69) is 24.1 Å². The van der Waals surface area contributed by atoms with Crippen molar-refractivity contribution in [3.8, 4) is 11.5 Å². The van der Waals surface area contributed by atoms with Crippen molar-refractivity contribution >= 4 is 39.8 Å². The van der Waals surface area contributed by atoms with Gasteiger partial charge in [0.2, 0.25) is 0 Å². The van der Waals surface area contributed by atoms with Crippen molar-refractivity contribution in [1.29, 1.82) is 0 Å². The summed E-state index contributed by atoms with van der Waals surface area (Å²) >= 11 is 0. The molecule has 0 amide bonds. The third kappa shape index (κ3) is 5.93. The standard InChI is InChI=1S/C21H35N3O4S.HI/c1-8-22-19(24-11-12-29(25,26)21(4,5)15-24)23-14-20(2,3)16-9-10-17(27-6)18(13-16)28-7;/h9-10,13H,8,11-12,14-15H2,1-7H3,(H,22,23);1H. The smallest absolute Gasteiger partial charge is 0.194 e. The van der Waals surface area contributed by atoms with E-state index in [1.54, 1.807) is 28.1 Å². The summed E-state index contributed by atoms with van der Waals surface area (Å²) in [5.41, 5.74) is 0.855. The van der Waals surface area contributed by atoms with Crippen LogP contribution in [0.1, 0.15) is 40.2 Å². The van der Waals surface area contributed by atoms with Crippen LogP contribution in [0.4, 0.5) is 0 Å². The number of hydrogen-bond donors (Lipinski definition) is 1. The molecular weight excluding hydrogens is 517 g/mol. The first-order valence-corrected chi connectivity index (χ1v) is 11.6. The van der Waals surface area contributed by atoms with E-state index in [1.807, 2.05) is 25.1 Å². The number of nitrogens with one attached hydrogen (secondary N) is 1. The van der Waals surface area contributed by atoms with Gasteiger partial charge in [0.25, 0.3) is 0 Å². The highest BCUT2D eigenvalue weighted by Crippen LogP contribution is 2.33. The Bertz CT molecular complexity index is 854. The lowest BCUT2D eigenvalue weighted by Crippen LogP contribution is -2.57. The van der Waals surface area contributed by atoms with Gasteiger partial charge < -0.3 is 19.7 Å². The lowest BCUT2D eigenvalue weighted by molar-refractivity contribution is 0.350. The summed E-state index contributed by atoms with van der Waals surface area (Å²) in [5.74, 6) is 2.28. The van der Waals surface area contributed by atoms with Gasteiger partial charge >= 0.3 is 0 Å². The van der Waals surface area contributed by atoms with E-state index in [9.17, 15) is 8.42 Å². The molecule has 1 aliphatic heterocycles. The fourth-order valence-corrected chi connectivity index (χ4v) is 4.74. The molecule has 30 heavy (non-hydrogen) atoms. The molecule has 0 aliphatic carbocycles. The van der Waals surface area contributed by atoms with Gasteiger partial charge in [-0.2, -0.15) is 0 Å². The van der Waals surface area contributed by atoms with E-state index in [-0.39, 0.29) is 35.1 Å². The van der Waals surface area contributed by atoms with Gasteiger partial charge in [-0.25, -0.2) is 8.42 Å². The highest BCUT2D eigenvalue weighted by atomic mass is 127. The van der Waals surface area contributed by atoms with Gasteiger partial charge in [0.05, 0.1) is 31.3 Å². The highest BCUT2D eigenvalue weighted by molar-refractivity contribution is 14.0. The first-order chi connectivity index (χ1) is 13.5. The number of guanidine groups is 1. The molecule has 1 aromatic carbocycles. The zero-order chi connectivity index (χ0) is 21.9. The number of nitrogens with zero attached hydrogens (tertiary/aromatic N) is 2. The van der Waals surface area contributed by atoms with Gasteiger partial charge in [0, 0.05) is 25.0 Å². The fourth-order valence-electron chi connectivity index (χ4n) is 3.37. The normalized spacial score (nSPS) is 18.4. The topological polar surface area (TPSA) is 80.2 Å². The number of benzene rings is 1. The Balaban J connectivity index is 0.00000450. The van der Waals surface area contributed by atoms with Gasteiger partial charge in [-0.15, -0.1) is 24.0 Å². The Labute approximate surface area is 198 Å². The SMILES string of the molecule is CCNC(=NCC(C)(C)c1ccc(OC)c(OC)c1)N1CCS(=O)(=O)C(C)(C)C1.I. The molecule has 1 fully saturated rings. The number of rotatable bonds is 6. The molecular formula is C21H36IN3O4S. The molecule has 1 N–H and O–H groups in total. The van der Waals surface area contributed by atoms with Crippen LogP contribution in [-0.4, -0.2) is 70.2 Å². The van der Waals surface area contributed by atoms with Gasteiger partial charge in [0.1, 0.15) is 0 Å². The quantitative estimate of drug-likeness (QED) is 0.332. The highest BCUT2D eigenvalue weighted by Gasteiger charge is 2.41. The first-order valence-electron chi connectivity index (χ1n) is 9.95. The minimum Gasteiger partial charge on any atom is -0.493 e. The minimum atomic E-state index is -3.09. The second-order valence-electron chi connectivity index (χ2n) is 8.62. The zero-order valence-corrected chi connectivity index (χ0v) is 22.3. The molecule has 0 unspecified atom stereocenters. The lowest BCUT2D eigenvalue weighted by atomic mass is 9.84. The van der Waals surface area contributed by atoms with E-state index in [1.165, 1.54) is 0 Å². The number of ether oxygens (including phenoxy) is 2. The molecule has 7 nitrogen and oxygen atoms in total. The van der Waals surface area contributed by atoms with E-state index < -0.39 is 14.6 Å². The first kappa shape index (κ1) is 26.8. The van der Waals surface area contributed by atoms with E-state index >= 15 is 0 Å². The number of sulfone groups is 1.